The number of hydrogen-bond donors (Lipinski definition) is 2. The van der Waals surface area contributed by atoms with E-state index in [-0.39, 0.29) is 23.6 Å². The molecule has 0 bridgehead atoms. The van der Waals surface area contributed by atoms with Gasteiger partial charge in [0, 0.05) is 25.8 Å². The van der Waals surface area contributed by atoms with E-state index in [0.717, 1.165) is 0 Å². The molecule has 2 aliphatic rings. The fourth-order valence-electron chi connectivity index (χ4n) is 3.88. The summed E-state index contributed by atoms with van der Waals surface area (Å²) in [5.74, 6) is -0.787. The molecule has 2 aromatic carbocycles. The Kier molecular flexibility index (Phi) is 5.81. The molecule has 162 valence electrons. The van der Waals surface area contributed by atoms with Gasteiger partial charge in [-0.15, -0.1) is 0 Å². The molecule has 2 aliphatic heterocycles. The molecule has 0 aliphatic carbocycles. The van der Waals surface area contributed by atoms with E-state index in [0.29, 0.717) is 48.9 Å². The summed E-state index contributed by atoms with van der Waals surface area (Å²) in [6, 6.07) is 10.3. The molecule has 2 aromatic rings. The van der Waals surface area contributed by atoms with Gasteiger partial charge in [-0.05, 0) is 42.3 Å². The molecule has 0 radical (unpaired) electrons. The number of likely N-dealkylation sites (tertiary alicyclic amines) is 1. The lowest BCUT2D eigenvalue weighted by atomic mass is 9.95. The predicted molar refractivity (Wildman–Crippen MR) is 111 cm³/mol. The number of carbonyl (C=O) groups excluding carboxylic acids is 2. The van der Waals surface area contributed by atoms with Crippen molar-refractivity contribution < 1.29 is 34.0 Å². The van der Waals surface area contributed by atoms with E-state index >= 15 is 0 Å². The van der Waals surface area contributed by atoms with Crippen molar-refractivity contribution in [2.45, 2.75) is 12.5 Å². The van der Waals surface area contributed by atoms with Crippen LogP contribution in [0.4, 0.5) is 0 Å². The monoisotopic (exact) mass is 425 g/mol. The Labute approximate surface area is 179 Å². The first-order valence-corrected chi connectivity index (χ1v) is 9.97. The lowest BCUT2D eigenvalue weighted by Crippen LogP contribution is -2.31. The van der Waals surface area contributed by atoms with E-state index in [1.165, 1.54) is 17.0 Å². The van der Waals surface area contributed by atoms with Gasteiger partial charge >= 0.3 is 0 Å². The zero-order valence-electron chi connectivity index (χ0n) is 17.0. The Morgan fingerprint density at radius 3 is 2.65 bits per heavy atom. The molecular weight excluding hydrogens is 402 g/mol. The highest BCUT2D eigenvalue weighted by atomic mass is 16.6. The zero-order chi connectivity index (χ0) is 22.0. The highest BCUT2D eigenvalue weighted by molar-refractivity contribution is 6.46. The molecule has 0 saturated carbocycles. The van der Waals surface area contributed by atoms with Crippen LogP contribution < -0.4 is 9.47 Å². The van der Waals surface area contributed by atoms with Gasteiger partial charge in [0.05, 0.1) is 11.6 Å². The minimum absolute atomic E-state index is 0.000640. The Hall–Kier alpha value is -3.52. The van der Waals surface area contributed by atoms with E-state index in [4.69, 9.17) is 14.2 Å². The van der Waals surface area contributed by atoms with Crippen LogP contribution >= 0.6 is 0 Å². The average molecular weight is 425 g/mol. The first kappa shape index (κ1) is 20.7. The Balaban J connectivity index is 1.81. The van der Waals surface area contributed by atoms with Gasteiger partial charge in [-0.2, -0.15) is 0 Å². The number of ketones is 1. The summed E-state index contributed by atoms with van der Waals surface area (Å²) < 4.78 is 16.1. The number of nitrogens with zero attached hydrogens (tertiary/aromatic N) is 1. The molecule has 1 fully saturated rings. The van der Waals surface area contributed by atoms with Gasteiger partial charge in [-0.25, -0.2) is 0 Å². The first-order valence-electron chi connectivity index (χ1n) is 9.97. The summed E-state index contributed by atoms with van der Waals surface area (Å²) in [5, 5.41) is 21.1. The van der Waals surface area contributed by atoms with Gasteiger partial charge in [0.1, 0.15) is 24.7 Å². The molecule has 1 amide bonds. The number of methoxy groups -OCH3 is 1. The van der Waals surface area contributed by atoms with E-state index in [1.54, 1.807) is 37.4 Å². The number of hydrogen-bond acceptors (Lipinski definition) is 7. The Morgan fingerprint density at radius 2 is 1.90 bits per heavy atom. The third kappa shape index (κ3) is 3.94. The van der Waals surface area contributed by atoms with Crippen molar-refractivity contribution >= 4 is 17.4 Å². The van der Waals surface area contributed by atoms with Crippen LogP contribution in [-0.4, -0.2) is 60.3 Å². The van der Waals surface area contributed by atoms with Crippen LogP contribution in [0.1, 0.15) is 23.6 Å². The van der Waals surface area contributed by atoms with Crippen molar-refractivity contribution in [3.63, 3.8) is 0 Å². The number of Topliss-reactive ketones (excluding diaryl/α,β-unsaturated/α-hetero) is 1. The van der Waals surface area contributed by atoms with Crippen LogP contribution in [0.2, 0.25) is 0 Å². The average Bonchev–Trinajstić information content (AvgIpc) is 3.03. The van der Waals surface area contributed by atoms with Crippen molar-refractivity contribution in [1.29, 1.82) is 0 Å². The van der Waals surface area contributed by atoms with Gasteiger partial charge < -0.3 is 29.3 Å². The number of benzene rings is 2. The van der Waals surface area contributed by atoms with Crippen LogP contribution in [0.15, 0.2) is 48.0 Å². The van der Waals surface area contributed by atoms with Gasteiger partial charge in [0.25, 0.3) is 11.7 Å². The molecule has 2 heterocycles. The molecule has 2 N–H and O–H groups in total. The maximum atomic E-state index is 13.0. The number of ether oxygens (including phenoxy) is 3. The number of aliphatic hydroxyl groups is 1. The van der Waals surface area contributed by atoms with Gasteiger partial charge in [-0.3, -0.25) is 9.59 Å². The lowest BCUT2D eigenvalue weighted by molar-refractivity contribution is -0.140. The molecular formula is C23H23NO7. The second-order valence-corrected chi connectivity index (χ2v) is 7.29. The highest BCUT2D eigenvalue weighted by Gasteiger charge is 2.46. The maximum absolute atomic E-state index is 13.0. The van der Waals surface area contributed by atoms with Gasteiger partial charge in [0.15, 0.2) is 11.5 Å². The van der Waals surface area contributed by atoms with Crippen LogP contribution in [0.5, 0.6) is 17.2 Å². The summed E-state index contributed by atoms with van der Waals surface area (Å²) >= 11 is 0. The van der Waals surface area contributed by atoms with Gasteiger partial charge in [0.2, 0.25) is 0 Å². The molecule has 8 heteroatoms. The largest absolute Gasteiger partial charge is 0.508 e. The zero-order valence-corrected chi connectivity index (χ0v) is 17.0. The third-order valence-electron chi connectivity index (χ3n) is 5.29. The molecule has 31 heavy (non-hydrogen) atoms. The summed E-state index contributed by atoms with van der Waals surface area (Å²) in [7, 11) is 1.56. The summed E-state index contributed by atoms with van der Waals surface area (Å²) in [6.45, 7) is 1.49. The number of rotatable bonds is 6. The number of aliphatic hydroxyl groups excluding tert-OH is 1. The molecule has 0 aromatic heterocycles. The number of fused-ring (bicyclic) bond motifs is 1. The van der Waals surface area contributed by atoms with Crippen molar-refractivity contribution in [1.82, 2.24) is 4.90 Å². The fraction of sp³-hybridized carbons (Fsp3) is 0.304. The lowest BCUT2D eigenvalue weighted by Gasteiger charge is -2.25. The van der Waals surface area contributed by atoms with Crippen molar-refractivity contribution in [2.75, 3.05) is 33.5 Å². The van der Waals surface area contributed by atoms with E-state index in [1.807, 2.05) is 0 Å². The summed E-state index contributed by atoms with van der Waals surface area (Å²) in [5.41, 5.74) is 0.824. The molecule has 0 spiro atoms. The fourth-order valence-corrected chi connectivity index (χ4v) is 3.88. The van der Waals surface area contributed by atoms with Crippen molar-refractivity contribution in [2.24, 2.45) is 0 Å². The first-order chi connectivity index (χ1) is 15.0. The number of phenolic OH excluding ortho intramolecular Hbond substituents is 1. The second kappa shape index (κ2) is 8.69. The maximum Gasteiger partial charge on any atom is 0.295 e. The predicted octanol–water partition coefficient (Wildman–Crippen LogP) is 2.62. The normalized spacial score (nSPS) is 19.6. The van der Waals surface area contributed by atoms with E-state index < -0.39 is 17.7 Å². The number of phenols is 1. The van der Waals surface area contributed by atoms with Crippen LogP contribution in [0.3, 0.4) is 0 Å². The number of aromatic hydroxyl groups is 1. The molecule has 1 saturated heterocycles. The smallest absolute Gasteiger partial charge is 0.295 e. The number of amides is 1. The minimum Gasteiger partial charge on any atom is -0.508 e. The summed E-state index contributed by atoms with van der Waals surface area (Å²) in [6.07, 6.45) is 0.517. The highest BCUT2D eigenvalue weighted by Crippen LogP contribution is 2.41. The van der Waals surface area contributed by atoms with E-state index in [2.05, 4.69) is 0 Å². The van der Waals surface area contributed by atoms with E-state index in [9.17, 15) is 19.8 Å². The Morgan fingerprint density at radius 1 is 1.13 bits per heavy atom. The Bertz CT molecular complexity index is 1050. The van der Waals surface area contributed by atoms with Crippen molar-refractivity contribution in [3.8, 4) is 17.2 Å². The summed E-state index contributed by atoms with van der Waals surface area (Å²) in [4.78, 5) is 27.2. The molecule has 8 nitrogen and oxygen atoms in total. The van der Waals surface area contributed by atoms with Crippen LogP contribution in [0, 0.1) is 0 Å². The SMILES string of the molecule is COCCCN1C(=O)C(=O)C(=C(O)c2ccc3c(c2)OCCO3)C1c1cccc(O)c1. The standard InChI is InChI=1S/C23H23NO7/c1-29-9-3-8-24-20(14-4-2-5-16(25)12-14)19(22(27)23(24)28)21(26)15-6-7-17-18(13-15)31-11-10-30-17/h2,4-7,12-13,20,25-26H,3,8-11H2,1H3. The topological polar surface area (TPSA) is 106 Å². The van der Waals surface area contributed by atoms with Crippen LogP contribution in [-0.2, 0) is 14.3 Å². The minimum atomic E-state index is -0.836. The third-order valence-corrected chi connectivity index (χ3v) is 5.29. The number of carbonyl (C=O) groups is 2. The quantitative estimate of drug-likeness (QED) is 0.317. The molecule has 1 unspecified atom stereocenters. The van der Waals surface area contributed by atoms with Crippen LogP contribution in [0.25, 0.3) is 5.76 Å². The van der Waals surface area contributed by atoms with Gasteiger partial charge in [-0.1, -0.05) is 12.1 Å². The second-order valence-electron chi connectivity index (χ2n) is 7.29. The molecule has 4 rings (SSSR count). The molecule has 1 atom stereocenters. The van der Waals surface area contributed by atoms with Crippen molar-refractivity contribution in [3.05, 3.63) is 59.2 Å².